The predicted molar refractivity (Wildman–Crippen MR) is 143 cm³/mol. The molecule has 0 fully saturated rings. The molecule has 35 heavy (non-hydrogen) atoms. The molecule has 2 aromatic carbocycles. The largest absolute Gasteiger partial charge is 0.490 e. The van der Waals surface area contributed by atoms with Gasteiger partial charge in [0.1, 0.15) is 6.04 Å². The van der Waals surface area contributed by atoms with Crippen LogP contribution in [-0.2, 0) is 10.5 Å². The van der Waals surface area contributed by atoms with Gasteiger partial charge in [-0.05, 0) is 73.0 Å². The number of halogens is 2. The number of ketones is 1. The monoisotopic (exact) mass is 576 g/mol. The minimum atomic E-state index is -0.475. The van der Waals surface area contributed by atoms with Crippen LogP contribution in [0.25, 0.3) is 0 Å². The Hall–Kier alpha value is -2.49. The van der Waals surface area contributed by atoms with E-state index in [0.29, 0.717) is 52.2 Å². The third-order valence-corrected chi connectivity index (χ3v) is 7.31. The van der Waals surface area contributed by atoms with E-state index in [9.17, 15) is 4.79 Å². The molecule has 1 N–H and O–H groups in total. The molecule has 0 spiro atoms. The van der Waals surface area contributed by atoms with E-state index in [4.69, 9.17) is 31.2 Å². The van der Waals surface area contributed by atoms with E-state index in [2.05, 4.69) is 21.2 Å². The molecule has 0 aliphatic carbocycles. The number of rotatable bonds is 9. The van der Waals surface area contributed by atoms with Crippen LogP contribution in [0.4, 0.5) is 5.95 Å². The van der Waals surface area contributed by atoms with Gasteiger partial charge < -0.3 is 14.8 Å². The van der Waals surface area contributed by atoms with Crippen molar-refractivity contribution in [1.29, 1.82) is 0 Å². The lowest BCUT2D eigenvalue weighted by atomic mass is 9.93. The molecular weight excluding hydrogens is 552 g/mol. The van der Waals surface area contributed by atoms with Crippen molar-refractivity contribution >= 4 is 51.0 Å². The fourth-order valence-electron chi connectivity index (χ4n) is 4.01. The minimum Gasteiger partial charge on any atom is -0.490 e. The van der Waals surface area contributed by atoms with Gasteiger partial charge in [-0.25, -0.2) is 4.68 Å². The fraction of sp³-hybridized carbons (Fsp3) is 0.320. The molecule has 184 valence electrons. The molecule has 2 heterocycles. The molecule has 1 aliphatic heterocycles. The van der Waals surface area contributed by atoms with E-state index in [1.807, 2.05) is 57.2 Å². The minimum absolute atomic E-state index is 0.0469. The maximum Gasteiger partial charge on any atom is 0.227 e. The van der Waals surface area contributed by atoms with Crippen molar-refractivity contribution in [2.24, 2.45) is 0 Å². The van der Waals surface area contributed by atoms with Gasteiger partial charge in [-0.1, -0.05) is 41.6 Å². The van der Waals surface area contributed by atoms with E-state index in [1.54, 1.807) is 11.6 Å². The number of carbonyl (C=O) groups excluding carboxylic acids is 1. The molecule has 3 aromatic rings. The Labute approximate surface area is 222 Å². The van der Waals surface area contributed by atoms with Gasteiger partial charge in [0.15, 0.2) is 17.3 Å². The second kappa shape index (κ2) is 11.1. The van der Waals surface area contributed by atoms with Gasteiger partial charge in [-0.15, -0.1) is 5.10 Å². The van der Waals surface area contributed by atoms with Crippen LogP contribution in [0.1, 0.15) is 44.9 Å². The number of benzene rings is 2. The van der Waals surface area contributed by atoms with Crippen molar-refractivity contribution in [3.8, 4) is 11.5 Å². The number of thioether (sulfide) groups is 1. The zero-order chi connectivity index (χ0) is 25.1. The van der Waals surface area contributed by atoms with E-state index in [1.165, 1.54) is 11.8 Å². The molecule has 10 heteroatoms. The molecule has 4 rings (SSSR count). The average Bonchev–Trinajstić information content (AvgIpc) is 3.22. The normalized spacial score (nSPS) is 15.0. The van der Waals surface area contributed by atoms with Gasteiger partial charge >= 0.3 is 0 Å². The summed E-state index contributed by atoms with van der Waals surface area (Å²) >= 11 is 11.4. The Kier molecular flexibility index (Phi) is 8.09. The molecule has 1 aliphatic rings. The van der Waals surface area contributed by atoms with Gasteiger partial charge in [0.05, 0.1) is 17.7 Å². The fourth-order valence-corrected chi connectivity index (χ4v) is 5.70. The van der Waals surface area contributed by atoms with E-state index < -0.39 is 6.04 Å². The summed E-state index contributed by atoms with van der Waals surface area (Å²) in [6, 6.07) is 11.1. The highest BCUT2D eigenvalue weighted by Gasteiger charge is 2.34. The predicted octanol–water partition coefficient (Wildman–Crippen LogP) is 6.66. The molecular formula is C25H26BrClN4O3S. The van der Waals surface area contributed by atoms with Crippen molar-refractivity contribution in [2.75, 3.05) is 18.5 Å². The molecule has 0 saturated heterocycles. The van der Waals surface area contributed by atoms with Crippen LogP contribution in [0.15, 0.2) is 57.3 Å². The Balaban J connectivity index is 1.76. The smallest absolute Gasteiger partial charge is 0.227 e. The lowest BCUT2D eigenvalue weighted by Gasteiger charge is -2.28. The maximum absolute atomic E-state index is 12.8. The number of hydrogen-bond donors (Lipinski definition) is 1. The number of carbonyl (C=O) groups is 1. The highest BCUT2D eigenvalue weighted by atomic mass is 79.9. The number of nitrogens with zero attached hydrogens (tertiary/aromatic N) is 3. The van der Waals surface area contributed by atoms with E-state index >= 15 is 0 Å². The summed E-state index contributed by atoms with van der Waals surface area (Å²) in [5.41, 5.74) is 3.20. The van der Waals surface area contributed by atoms with Gasteiger partial charge in [0.25, 0.3) is 0 Å². The van der Waals surface area contributed by atoms with Crippen LogP contribution in [0.5, 0.6) is 11.5 Å². The summed E-state index contributed by atoms with van der Waals surface area (Å²) < 4.78 is 14.2. The first-order valence-corrected chi connectivity index (χ1v) is 13.4. The Morgan fingerprint density at radius 1 is 1.23 bits per heavy atom. The first kappa shape index (κ1) is 25.6. The Morgan fingerprint density at radius 3 is 2.66 bits per heavy atom. The molecule has 7 nitrogen and oxygen atoms in total. The first-order chi connectivity index (χ1) is 16.8. The highest BCUT2D eigenvalue weighted by molar-refractivity contribution is 9.10. The molecule has 1 atom stereocenters. The first-order valence-electron chi connectivity index (χ1n) is 11.2. The van der Waals surface area contributed by atoms with Crippen LogP contribution < -0.4 is 14.8 Å². The van der Waals surface area contributed by atoms with E-state index in [0.717, 1.165) is 21.3 Å². The lowest BCUT2D eigenvalue weighted by molar-refractivity contribution is -0.114. The number of ether oxygens (including phenoxy) is 2. The topological polar surface area (TPSA) is 78.3 Å². The highest BCUT2D eigenvalue weighted by Crippen LogP contribution is 2.43. The number of hydrogen-bond acceptors (Lipinski definition) is 7. The molecule has 0 radical (unpaired) electrons. The number of anilines is 1. The quantitative estimate of drug-likeness (QED) is 0.285. The van der Waals surface area contributed by atoms with Gasteiger partial charge in [0.2, 0.25) is 11.1 Å². The summed E-state index contributed by atoms with van der Waals surface area (Å²) in [4.78, 5) is 17.5. The number of nitrogens with one attached hydrogen (secondary N) is 1. The number of Topliss-reactive ketones (excluding diaryl/α,β-unsaturated/α-hetero) is 1. The second-order valence-electron chi connectivity index (χ2n) is 7.86. The number of fused-ring (bicyclic) bond motifs is 1. The van der Waals surface area contributed by atoms with Crippen molar-refractivity contribution in [1.82, 2.24) is 14.8 Å². The van der Waals surface area contributed by atoms with Crippen molar-refractivity contribution in [3.63, 3.8) is 0 Å². The number of allylic oxidation sites excluding steroid dienone is 2. The number of aromatic nitrogens is 3. The second-order valence-corrected chi connectivity index (χ2v) is 10.1. The average molecular weight is 578 g/mol. The Morgan fingerprint density at radius 2 is 1.97 bits per heavy atom. The van der Waals surface area contributed by atoms with Crippen LogP contribution in [0.3, 0.4) is 0 Å². The molecule has 0 bridgehead atoms. The lowest BCUT2D eigenvalue weighted by Crippen LogP contribution is -2.28. The molecule has 1 aromatic heterocycles. The van der Waals surface area contributed by atoms with Crippen LogP contribution in [0.2, 0.25) is 5.02 Å². The zero-order valence-electron chi connectivity index (χ0n) is 19.9. The van der Waals surface area contributed by atoms with Crippen molar-refractivity contribution < 1.29 is 14.3 Å². The van der Waals surface area contributed by atoms with Crippen LogP contribution in [-0.4, -0.2) is 33.8 Å². The van der Waals surface area contributed by atoms with Crippen molar-refractivity contribution in [3.05, 3.63) is 68.3 Å². The summed E-state index contributed by atoms with van der Waals surface area (Å²) in [6.45, 7) is 8.27. The van der Waals surface area contributed by atoms with Crippen LogP contribution >= 0.6 is 39.3 Å². The molecule has 1 unspecified atom stereocenters. The third kappa shape index (κ3) is 5.37. The third-order valence-electron chi connectivity index (χ3n) is 5.46. The summed E-state index contributed by atoms with van der Waals surface area (Å²) in [5, 5.41) is 9.32. The van der Waals surface area contributed by atoms with Gasteiger partial charge in [-0.2, -0.15) is 4.98 Å². The summed E-state index contributed by atoms with van der Waals surface area (Å²) in [7, 11) is 0. The van der Waals surface area contributed by atoms with Crippen LogP contribution in [0, 0.1) is 0 Å². The van der Waals surface area contributed by atoms with Gasteiger partial charge in [0, 0.05) is 22.0 Å². The van der Waals surface area contributed by atoms with Crippen molar-refractivity contribution in [2.45, 2.75) is 44.6 Å². The summed E-state index contributed by atoms with van der Waals surface area (Å²) in [6.07, 6.45) is 0. The molecule has 0 amide bonds. The summed E-state index contributed by atoms with van der Waals surface area (Å²) in [5.74, 6) is 2.39. The zero-order valence-corrected chi connectivity index (χ0v) is 23.1. The SMILES string of the molecule is CCOc1cc(C2C(C(C)=O)=C(C)Nc3nc(SCc4ccccc4Cl)nn32)cc(Br)c1OCC. The standard InChI is InChI=1S/C25H26BrClN4O3S/c1-5-33-20-12-17(11-18(26)23(20)34-6-2)22-21(15(4)32)14(3)28-24-29-25(30-31(22)24)35-13-16-9-7-8-10-19(16)27/h7-12,22H,5-6,13H2,1-4H3,(H,28,29,30). The maximum atomic E-state index is 12.8. The Bertz CT molecular complexity index is 1290. The van der Waals surface area contributed by atoms with E-state index in [-0.39, 0.29) is 5.78 Å². The van der Waals surface area contributed by atoms with Gasteiger partial charge in [-0.3, -0.25) is 4.79 Å². The molecule has 0 saturated carbocycles.